The largest absolute Gasteiger partial charge is 0.483 e. The highest BCUT2D eigenvalue weighted by Gasteiger charge is 2.20. The number of aryl methyl sites for hydroxylation is 1. The Morgan fingerprint density at radius 1 is 1.45 bits per heavy atom. The third-order valence-corrected chi connectivity index (χ3v) is 3.33. The Kier molecular flexibility index (Phi) is 3.64. The molecule has 106 valence electrons. The summed E-state index contributed by atoms with van der Waals surface area (Å²) in [7, 11) is 1.82. The van der Waals surface area contributed by atoms with E-state index < -0.39 is 0 Å². The SMILES string of the molecule is Cn1cnnc1COc1ccc(CNC2CC2)cc1F. The van der Waals surface area contributed by atoms with Crippen molar-refractivity contribution in [2.45, 2.75) is 32.0 Å². The lowest BCUT2D eigenvalue weighted by molar-refractivity contribution is 0.276. The van der Waals surface area contributed by atoms with Gasteiger partial charge in [-0.2, -0.15) is 0 Å². The Morgan fingerprint density at radius 3 is 2.95 bits per heavy atom. The second kappa shape index (κ2) is 5.58. The van der Waals surface area contributed by atoms with Crippen molar-refractivity contribution in [1.29, 1.82) is 0 Å². The summed E-state index contributed by atoms with van der Waals surface area (Å²) in [5, 5.41) is 11.0. The topological polar surface area (TPSA) is 52.0 Å². The van der Waals surface area contributed by atoms with Crippen LogP contribution in [0.25, 0.3) is 0 Å². The highest BCUT2D eigenvalue weighted by atomic mass is 19.1. The van der Waals surface area contributed by atoms with Crippen molar-refractivity contribution in [3.63, 3.8) is 0 Å². The summed E-state index contributed by atoms with van der Waals surface area (Å²) in [6.07, 6.45) is 4.03. The first-order valence-corrected chi connectivity index (χ1v) is 6.70. The van der Waals surface area contributed by atoms with Crippen molar-refractivity contribution < 1.29 is 9.13 Å². The van der Waals surface area contributed by atoms with Gasteiger partial charge in [0.15, 0.2) is 17.4 Å². The molecule has 3 rings (SSSR count). The van der Waals surface area contributed by atoms with Gasteiger partial charge in [-0.05, 0) is 30.5 Å². The zero-order valence-corrected chi connectivity index (χ0v) is 11.3. The second-order valence-corrected chi connectivity index (χ2v) is 5.07. The lowest BCUT2D eigenvalue weighted by Crippen LogP contribution is -2.15. The van der Waals surface area contributed by atoms with Crippen molar-refractivity contribution in [3.8, 4) is 5.75 Å². The minimum atomic E-state index is -0.345. The number of benzene rings is 1. The maximum atomic E-state index is 13.9. The van der Waals surface area contributed by atoms with Crippen molar-refractivity contribution in [2.75, 3.05) is 0 Å². The van der Waals surface area contributed by atoms with E-state index in [9.17, 15) is 4.39 Å². The van der Waals surface area contributed by atoms with E-state index in [1.165, 1.54) is 18.9 Å². The normalized spacial score (nSPS) is 14.5. The molecule has 0 aliphatic heterocycles. The van der Waals surface area contributed by atoms with Crippen LogP contribution in [0, 0.1) is 5.82 Å². The summed E-state index contributed by atoms with van der Waals surface area (Å²) in [5.41, 5.74) is 0.931. The van der Waals surface area contributed by atoms with Gasteiger partial charge in [0.05, 0.1) is 0 Å². The zero-order valence-electron chi connectivity index (χ0n) is 11.3. The average Bonchev–Trinajstić information content (AvgIpc) is 3.18. The minimum Gasteiger partial charge on any atom is -0.483 e. The summed E-state index contributed by atoms with van der Waals surface area (Å²) < 4.78 is 21.1. The van der Waals surface area contributed by atoms with Gasteiger partial charge in [0, 0.05) is 19.6 Å². The monoisotopic (exact) mass is 276 g/mol. The summed E-state index contributed by atoms with van der Waals surface area (Å²) in [4.78, 5) is 0. The second-order valence-electron chi connectivity index (χ2n) is 5.07. The third-order valence-electron chi connectivity index (χ3n) is 3.33. The van der Waals surface area contributed by atoms with E-state index in [1.54, 1.807) is 17.0 Å². The Balaban J connectivity index is 1.60. The molecule has 0 bridgehead atoms. The zero-order chi connectivity index (χ0) is 13.9. The van der Waals surface area contributed by atoms with Gasteiger partial charge in [-0.3, -0.25) is 0 Å². The molecule has 0 amide bonds. The Labute approximate surface area is 116 Å². The van der Waals surface area contributed by atoms with Crippen LogP contribution in [-0.4, -0.2) is 20.8 Å². The van der Waals surface area contributed by atoms with E-state index in [-0.39, 0.29) is 18.2 Å². The van der Waals surface area contributed by atoms with Gasteiger partial charge >= 0.3 is 0 Å². The predicted molar refractivity (Wildman–Crippen MR) is 71.6 cm³/mol. The quantitative estimate of drug-likeness (QED) is 0.874. The molecule has 1 N–H and O–H groups in total. The van der Waals surface area contributed by atoms with E-state index in [4.69, 9.17) is 4.74 Å². The van der Waals surface area contributed by atoms with Crippen LogP contribution in [0.3, 0.4) is 0 Å². The van der Waals surface area contributed by atoms with Gasteiger partial charge in [0.2, 0.25) is 0 Å². The van der Waals surface area contributed by atoms with Crippen LogP contribution in [0.15, 0.2) is 24.5 Å². The van der Waals surface area contributed by atoms with Crippen molar-refractivity contribution >= 4 is 0 Å². The number of halogens is 1. The molecule has 1 heterocycles. The van der Waals surface area contributed by atoms with E-state index in [1.807, 2.05) is 13.1 Å². The molecule has 1 aliphatic carbocycles. The number of ether oxygens (including phenoxy) is 1. The molecule has 0 unspecified atom stereocenters. The molecular weight excluding hydrogens is 259 g/mol. The van der Waals surface area contributed by atoms with Gasteiger partial charge in [-0.25, -0.2) is 4.39 Å². The van der Waals surface area contributed by atoms with Crippen LogP contribution in [0.2, 0.25) is 0 Å². The Hall–Kier alpha value is -1.95. The van der Waals surface area contributed by atoms with E-state index in [0.717, 1.165) is 5.56 Å². The minimum absolute atomic E-state index is 0.201. The molecule has 1 saturated carbocycles. The maximum absolute atomic E-state index is 13.9. The van der Waals surface area contributed by atoms with Crippen LogP contribution < -0.4 is 10.1 Å². The summed E-state index contributed by atoms with van der Waals surface area (Å²) in [5.74, 6) is 0.550. The van der Waals surface area contributed by atoms with Crippen molar-refractivity contribution in [2.24, 2.45) is 7.05 Å². The molecule has 5 nitrogen and oxygen atoms in total. The van der Waals surface area contributed by atoms with Crippen LogP contribution in [-0.2, 0) is 20.2 Å². The molecule has 20 heavy (non-hydrogen) atoms. The van der Waals surface area contributed by atoms with Crippen LogP contribution in [0.1, 0.15) is 24.2 Å². The number of nitrogens with zero attached hydrogens (tertiary/aromatic N) is 3. The predicted octanol–water partition coefficient (Wildman–Crippen LogP) is 1.79. The molecule has 0 saturated heterocycles. The first-order chi connectivity index (χ1) is 9.72. The standard InChI is InChI=1S/C14H17FN4O/c1-19-9-17-18-14(19)8-20-13-5-2-10(6-12(13)15)7-16-11-3-4-11/h2,5-6,9,11,16H,3-4,7-8H2,1H3. The third kappa shape index (κ3) is 3.14. The smallest absolute Gasteiger partial charge is 0.170 e. The van der Waals surface area contributed by atoms with Crippen LogP contribution >= 0.6 is 0 Å². The lowest BCUT2D eigenvalue weighted by atomic mass is 10.2. The van der Waals surface area contributed by atoms with E-state index >= 15 is 0 Å². The lowest BCUT2D eigenvalue weighted by Gasteiger charge is -2.09. The molecule has 1 aromatic carbocycles. The van der Waals surface area contributed by atoms with Gasteiger partial charge in [0.1, 0.15) is 12.9 Å². The highest BCUT2D eigenvalue weighted by Crippen LogP contribution is 2.22. The Bertz CT molecular complexity index is 595. The van der Waals surface area contributed by atoms with Gasteiger partial charge in [0.25, 0.3) is 0 Å². The average molecular weight is 276 g/mol. The molecule has 1 fully saturated rings. The fourth-order valence-electron chi connectivity index (χ4n) is 1.90. The summed E-state index contributed by atoms with van der Waals surface area (Å²) >= 11 is 0. The van der Waals surface area contributed by atoms with Crippen molar-refractivity contribution in [1.82, 2.24) is 20.1 Å². The Morgan fingerprint density at radius 2 is 2.30 bits per heavy atom. The molecule has 1 aliphatic rings. The van der Waals surface area contributed by atoms with Crippen molar-refractivity contribution in [3.05, 3.63) is 41.7 Å². The fourth-order valence-corrected chi connectivity index (χ4v) is 1.90. The number of hydrogen-bond acceptors (Lipinski definition) is 4. The molecule has 2 aromatic rings. The molecule has 0 radical (unpaired) electrons. The maximum Gasteiger partial charge on any atom is 0.170 e. The van der Waals surface area contributed by atoms with Gasteiger partial charge < -0.3 is 14.6 Å². The number of nitrogens with one attached hydrogen (secondary N) is 1. The number of rotatable bonds is 6. The van der Waals surface area contributed by atoms with E-state index in [2.05, 4.69) is 15.5 Å². The first kappa shape index (κ1) is 13.1. The molecular formula is C14H17FN4O. The van der Waals surface area contributed by atoms with E-state index in [0.29, 0.717) is 18.4 Å². The summed E-state index contributed by atoms with van der Waals surface area (Å²) in [6.45, 7) is 0.901. The first-order valence-electron chi connectivity index (χ1n) is 6.70. The highest BCUT2D eigenvalue weighted by molar-refractivity contribution is 5.29. The molecule has 0 spiro atoms. The number of hydrogen-bond donors (Lipinski definition) is 1. The van der Waals surface area contributed by atoms with Gasteiger partial charge in [-0.15, -0.1) is 10.2 Å². The number of aromatic nitrogens is 3. The van der Waals surface area contributed by atoms with Gasteiger partial charge in [-0.1, -0.05) is 6.07 Å². The van der Waals surface area contributed by atoms with Crippen LogP contribution in [0.5, 0.6) is 5.75 Å². The fraction of sp³-hybridized carbons (Fsp3) is 0.429. The van der Waals surface area contributed by atoms with Crippen LogP contribution in [0.4, 0.5) is 4.39 Å². The summed E-state index contributed by atoms with van der Waals surface area (Å²) in [6, 6.07) is 5.67. The molecule has 0 atom stereocenters. The molecule has 6 heteroatoms. The molecule has 1 aromatic heterocycles.